The molecule has 3 aromatic rings. The van der Waals surface area contributed by atoms with Crippen LogP contribution >= 0.6 is 0 Å². The Bertz CT molecular complexity index is 797. The number of pyridine rings is 1. The second-order valence-corrected chi connectivity index (χ2v) is 4.61. The number of ether oxygens (including phenoxy) is 2. The van der Waals surface area contributed by atoms with E-state index in [0.717, 1.165) is 28.1 Å². The van der Waals surface area contributed by atoms with Crippen LogP contribution in [0.3, 0.4) is 0 Å². The van der Waals surface area contributed by atoms with Crippen LogP contribution in [0.15, 0.2) is 36.7 Å². The summed E-state index contributed by atoms with van der Waals surface area (Å²) in [6, 6.07) is 7.79. The van der Waals surface area contributed by atoms with Crippen LogP contribution in [-0.2, 0) is 6.54 Å². The van der Waals surface area contributed by atoms with E-state index in [1.165, 1.54) is 0 Å². The Morgan fingerprint density at radius 2 is 2.10 bits per heavy atom. The minimum atomic E-state index is 0.278. The van der Waals surface area contributed by atoms with Gasteiger partial charge in [-0.2, -0.15) is 0 Å². The molecule has 0 fully saturated rings. The minimum absolute atomic E-state index is 0.278. The molecular formula is C14H12N4O2. The van der Waals surface area contributed by atoms with Crippen LogP contribution in [0.2, 0.25) is 0 Å². The number of nitrogens with zero attached hydrogens (tertiary/aromatic N) is 3. The molecule has 0 amide bonds. The molecule has 0 atom stereocenters. The van der Waals surface area contributed by atoms with Gasteiger partial charge < -0.3 is 19.8 Å². The fraction of sp³-hybridized carbons (Fsp3) is 0.143. The predicted octanol–water partition coefficient (Wildman–Crippen LogP) is 1.79. The molecule has 2 aromatic heterocycles. The number of imidazole rings is 1. The van der Waals surface area contributed by atoms with Crippen LogP contribution in [0, 0.1) is 0 Å². The molecule has 3 heterocycles. The molecule has 2 N–H and O–H groups in total. The first-order valence-electron chi connectivity index (χ1n) is 6.25. The Morgan fingerprint density at radius 3 is 3.05 bits per heavy atom. The third-order valence-electron chi connectivity index (χ3n) is 3.36. The summed E-state index contributed by atoms with van der Waals surface area (Å²) in [4.78, 5) is 8.36. The van der Waals surface area contributed by atoms with Gasteiger partial charge in [0.1, 0.15) is 5.52 Å². The van der Waals surface area contributed by atoms with Gasteiger partial charge in [-0.3, -0.25) is 4.98 Å². The predicted molar refractivity (Wildman–Crippen MR) is 73.6 cm³/mol. The largest absolute Gasteiger partial charge is 0.454 e. The normalized spacial score (nSPS) is 13.0. The number of nitrogen functional groups attached to an aromatic ring is 1. The second kappa shape index (κ2) is 4.12. The Labute approximate surface area is 114 Å². The van der Waals surface area contributed by atoms with Crippen LogP contribution in [0.25, 0.3) is 11.0 Å². The highest BCUT2D eigenvalue weighted by Crippen LogP contribution is 2.33. The van der Waals surface area contributed by atoms with Crippen molar-refractivity contribution in [3.63, 3.8) is 0 Å². The summed E-state index contributed by atoms with van der Waals surface area (Å²) < 4.78 is 12.6. The van der Waals surface area contributed by atoms with Crippen LogP contribution in [-0.4, -0.2) is 21.3 Å². The first kappa shape index (κ1) is 11.1. The van der Waals surface area contributed by atoms with Gasteiger partial charge in [0, 0.05) is 6.20 Å². The lowest BCUT2D eigenvalue weighted by Crippen LogP contribution is -2.04. The van der Waals surface area contributed by atoms with E-state index in [-0.39, 0.29) is 6.79 Å². The van der Waals surface area contributed by atoms with E-state index in [0.29, 0.717) is 12.5 Å². The van der Waals surface area contributed by atoms with E-state index in [2.05, 4.69) is 9.97 Å². The Balaban J connectivity index is 1.76. The van der Waals surface area contributed by atoms with Gasteiger partial charge in [-0.05, 0) is 23.8 Å². The van der Waals surface area contributed by atoms with Gasteiger partial charge in [0.15, 0.2) is 11.5 Å². The molecule has 1 aromatic carbocycles. The number of rotatable bonds is 2. The molecule has 20 heavy (non-hydrogen) atoms. The van der Waals surface area contributed by atoms with Crippen molar-refractivity contribution in [2.75, 3.05) is 12.5 Å². The van der Waals surface area contributed by atoms with Gasteiger partial charge >= 0.3 is 0 Å². The summed E-state index contributed by atoms with van der Waals surface area (Å²) in [5.41, 5.74) is 8.83. The smallest absolute Gasteiger partial charge is 0.231 e. The number of hydrogen-bond donors (Lipinski definition) is 1. The van der Waals surface area contributed by atoms with E-state index in [1.807, 2.05) is 28.8 Å². The molecule has 1 aliphatic rings. The van der Waals surface area contributed by atoms with Gasteiger partial charge in [0.2, 0.25) is 12.7 Å². The lowest BCUT2D eigenvalue weighted by Gasteiger charge is -2.07. The molecule has 0 aliphatic carbocycles. The highest BCUT2D eigenvalue weighted by Gasteiger charge is 2.14. The standard InChI is InChI=1S/C14H12N4O2/c15-14-17-10-6-16-4-3-11(10)18(14)7-9-1-2-12-13(5-9)20-8-19-12/h1-6H,7-8H2,(H2,15,17). The fourth-order valence-corrected chi connectivity index (χ4v) is 2.39. The highest BCUT2D eigenvalue weighted by molar-refractivity contribution is 5.77. The molecule has 0 unspecified atom stereocenters. The lowest BCUT2D eigenvalue weighted by atomic mass is 10.2. The van der Waals surface area contributed by atoms with E-state index in [4.69, 9.17) is 15.2 Å². The summed E-state index contributed by atoms with van der Waals surface area (Å²) in [7, 11) is 0. The van der Waals surface area contributed by atoms with E-state index >= 15 is 0 Å². The Hall–Kier alpha value is -2.76. The van der Waals surface area contributed by atoms with E-state index < -0.39 is 0 Å². The maximum Gasteiger partial charge on any atom is 0.231 e. The second-order valence-electron chi connectivity index (χ2n) is 4.61. The SMILES string of the molecule is Nc1nc2cnccc2n1Cc1ccc2c(c1)OCO2. The Kier molecular flexibility index (Phi) is 2.29. The molecule has 0 spiro atoms. The summed E-state index contributed by atoms with van der Waals surface area (Å²) in [6.45, 7) is 0.906. The highest BCUT2D eigenvalue weighted by atomic mass is 16.7. The molecule has 1 aliphatic heterocycles. The summed E-state index contributed by atoms with van der Waals surface area (Å²) in [5.74, 6) is 2.03. The molecule has 0 saturated carbocycles. The molecule has 4 rings (SSSR count). The van der Waals surface area contributed by atoms with Gasteiger partial charge in [0.25, 0.3) is 0 Å². The third kappa shape index (κ3) is 1.65. The quantitative estimate of drug-likeness (QED) is 0.767. The van der Waals surface area contributed by atoms with Gasteiger partial charge in [-0.1, -0.05) is 6.07 Å². The van der Waals surface area contributed by atoms with Crippen LogP contribution in [0.5, 0.6) is 11.5 Å². The monoisotopic (exact) mass is 268 g/mol. The molecule has 6 heteroatoms. The van der Waals surface area contributed by atoms with E-state index in [9.17, 15) is 0 Å². The molecule has 0 bridgehead atoms. The van der Waals surface area contributed by atoms with Crippen molar-refractivity contribution in [3.8, 4) is 11.5 Å². The lowest BCUT2D eigenvalue weighted by molar-refractivity contribution is 0.174. The first-order valence-corrected chi connectivity index (χ1v) is 6.25. The molecule has 0 radical (unpaired) electrons. The van der Waals surface area contributed by atoms with Crippen LogP contribution in [0.1, 0.15) is 5.56 Å². The zero-order valence-corrected chi connectivity index (χ0v) is 10.6. The maximum absolute atomic E-state index is 5.98. The van der Waals surface area contributed by atoms with Crippen molar-refractivity contribution >= 4 is 17.0 Å². The number of anilines is 1. The molecule has 100 valence electrons. The molecule has 6 nitrogen and oxygen atoms in total. The van der Waals surface area contributed by atoms with Crippen LogP contribution < -0.4 is 15.2 Å². The van der Waals surface area contributed by atoms with Crippen molar-refractivity contribution < 1.29 is 9.47 Å². The maximum atomic E-state index is 5.98. The average Bonchev–Trinajstić information content (AvgIpc) is 3.04. The zero-order valence-electron chi connectivity index (χ0n) is 10.6. The third-order valence-corrected chi connectivity index (χ3v) is 3.36. The number of benzene rings is 1. The first-order chi connectivity index (χ1) is 9.81. The van der Waals surface area contributed by atoms with Crippen molar-refractivity contribution in [3.05, 3.63) is 42.2 Å². The number of aromatic nitrogens is 3. The van der Waals surface area contributed by atoms with Crippen molar-refractivity contribution in [2.45, 2.75) is 6.54 Å². The number of fused-ring (bicyclic) bond motifs is 2. The fourth-order valence-electron chi connectivity index (χ4n) is 2.39. The van der Waals surface area contributed by atoms with Crippen molar-refractivity contribution in [1.82, 2.24) is 14.5 Å². The van der Waals surface area contributed by atoms with E-state index in [1.54, 1.807) is 12.4 Å². The molecule has 0 saturated heterocycles. The van der Waals surface area contributed by atoms with Crippen molar-refractivity contribution in [2.24, 2.45) is 0 Å². The molecular weight excluding hydrogens is 256 g/mol. The average molecular weight is 268 g/mol. The Morgan fingerprint density at radius 1 is 1.20 bits per heavy atom. The zero-order chi connectivity index (χ0) is 13.5. The van der Waals surface area contributed by atoms with Gasteiger partial charge in [0.05, 0.1) is 18.3 Å². The summed E-state index contributed by atoms with van der Waals surface area (Å²) in [5, 5.41) is 0. The summed E-state index contributed by atoms with van der Waals surface area (Å²) in [6.07, 6.45) is 3.45. The topological polar surface area (TPSA) is 75.2 Å². The number of nitrogens with two attached hydrogens (primary N) is 1. The summed E-state index contributed by atoms with van der Waals surface area (Å²) >= 11 is 0. The van der Waals surface area contributed by atoms with Gasteiger partial charge in [-0.15, -0.1) is 0 Å². The van der Waals surface area contributed by atoms with Crippen LogP contribution in [0.4, 0.5) is 5.95 Å². The van der Waals surface area contributed by atoms with Crippen molar-refractivity contribution in [1.29, 1.82) is 0 Å². The number of hydrogen-bond acceptors (Lipinski definition) is 5. The minimum Gasteiger partial charge on any atom is -0.454 e. The van der Waals surface area contributed by atoms with Gasteiger partial charge in [-0.25, -0.2) is 4.98 Å².